The topological polar surface area (TPSA) is 92.0 Å². The van der Waals surface area contributed by atoms with Gasteiger partial charge in [-0.3, -0.25) is 0 Å². The van der Waals surface area contributed by atoms with Crippen LogP contribution in [0.2, 0.25) is 0 Å². The molecule has 3 N–H and O–H groups in total. The van der Waals surface area contributed by atoms with E-state index in [0.29, 0.717) is 5.69 Å². The maximum Gasteiger partial charge on any atom is 0.356 e. The van der Waals surface area contributed by atoms with Crippen LogP contribution in [-0.2, 0) is 15.3 Å². The van der Waals surface area contributed by atoms with Gasteiger partial charge >= 0.3 is 18.2 Å². The van der Waals surface area contributed by atoms with E-state index in [2.05, 4.69) is 25.0 Å². The Labute approximate surface area is 135 Å². The third-order valence-electron chi connectivity index (χ3n) is 3.06. The van der Waals surface area contributed by atoms with Crippen LogP contribution in [-0.4, -0.2) is 47.1 Å². The first kappa shape index (κ1) is 17.9. The number of nitrogens with zero attached hydrogens (tertiary/aromatic N) is 1. The molecule has 0 spiro atoms. The second kappa shape index (κ2) is 7.86. The third-order valence-corrected chi connectivity index (χ3v) is 3.06. The average Bonchev–Trinajstić information content (AvgIpc) is 3.22. The quantitative estimate of drug-likeness (QED) is 0.479. The van der Waals surface area contributed by atoms with Crippen LogP contribution >= 0.6 is 0 Å². The summed E-state index contributed by atoms with van der Waals surface area (Å²) in [6, 6.07) is 1.56. The van der Waals surface area contributed by atoms with Gasteiger partial charge in [0.2, 0.25) is 0 Å². The van der Waals surface area contributed by atoms with E-state index in [9.17, 15) is 18.0 Å². The lowest BCUT2D eigenvalue weighted by Gasteiger charge is -2.22. The molecule has 0 saturated heterocycles. The van der Waals surface area contributed by atoms with Crippen molar-refractivity contribution in [3.63, 3.8) is 0 Å². The Morgan fingerprint density at radius 3 is 2.83 bits per heavy atom. The fourth-order valence-electron chi connectivity index (χ4n) is 1.96. The van der Waals surface area contributed by atoms with Gasteiger partial charge in [-0.05, 0) is 13.0 Å². The second-order valence-corrected chi connectivity index (χ2v) is 4.65. The number of hydrogen-bond acceptors (Lipinski definition) is 5. The Kier molecular flexibility index (Phi) is 5.85. The molecule has 24 heavy (non-hydrogen) atoms. The van der Waals surface area contributed by atoms with Gasteiger partial charge in [-0.1, -0.05) is 0 Å². The molecule has 0 bridgehead atoms. The van der Waals surface area contributed by atoms with Crippen LogP contribution in [0, 0.1) is 0 Å². The highest BCUT2D eigenvalue weighted by molar-refractivity contribution is 5.93. The molecule has 0 aliphatic rings. The summed E-state index contributed by atoms with van der Waals surface area (Å²) in [5, 5.41) is 2.79. The highest BCUT2D eigenvalue weighted by Crippen LogP contribution is 2.31. The number of aromatic amines is 2. The minimum atomic E-state index is -3.41. The van der Waals surface area contributed by atoms with Crippen molar-refractivity contribution in [2.45, 2.75) is 19.2 Å². The van der Waals surface area contributed by atoms with E-state index < -0.39 is 24.1 Å². The first-order valence-electron chi connectivity index (χ1n) is 7.18. The number of nitrogens with one attached hydrogen (secondary N) is 3. The largest absolute Gasteiger partial charge is 0.461 e. The molecule has 132 valence electrons. The van der Waals surface area contributed by atoms with Gasteiger partial charge in [0.15, 0.2) is 5.82 Å². The number of hydrogen-bond donors (Lipinski definition) is 3. The smallest absolute Gasteiger partial charge is 0.356 e. The van der Waals surface area contributed by atoms with E-state index in [1.165, 1.54) is 12.4 Å². The lowest BCUT2D eigenvalue weighted by atomic mass is 10.3. The van der Waals surface area contributed by atoms with Gasteiger partial charge in [0.1, 0.15) is 5.69 Å². The predicted octanol–water partition coefficient (Wildman–Crippen LogP) is 2.43. The molecule has 0 aromatic carbocycles. The van der Waals surface area contributed by atoms with Gasteiger partial charge < -0.3 is 24.8 Å². The van der Waals surface area contributed by atoms with Crippen molar-refractivity contribution in [1.29, 1.82) is 0 Å². The number of carbonyl (C=O) groups excluding carboxylic acids is 1. The first-order valence-corrected chi connectivity index (χ1v) is 7.18. The minimum absolute atomic E-state index is 0.0106. The zero-order chi connectivity index (χ0) is 17.6. The number of rotatable bonds is 9. The van der Waals surface area contributed by atoms with Gasteiger partial charge in [0.25, 0.3) is 0 Å². The van der Waals surface area contributed by atoms with Crippen molar-refractivity contribution in [2.75, 3.05) is 25.1 Å². The van der Waals surface area contributed by atoms with Crippen molar-refractivity contribution < 1.29 is 27.4 Å². The number of esters is 1. The molecule has 10 heteroatoms. The third kappa shape index (κ3) is 3.88. The Bertz CT molecular complexity index is 647. The number of imidazole rings is 1. The molecule has 0 aliphatic heterocycles. The van der Waals surface area contributed by atoms with E-state index in [0.717, 1.165) is 6.20 Å². The molecule has 0 amide bonds. The summed E-state index contributed by atoms with van der Waals surface area (Å²) >= 11 is 0. The van der Waals surface area contributed by atoms with Gasteiger partial charge in [0.05, 0.1) is 18.9 Å². The van der Waals surface area contributed by atoms with Crippen molar-refractivity contribution >= 4 is 11.7 Å². The number of carbonyl (C=O) groups is 1. The molecule has 0 saturated carbocycles. The van der Waals surface area contributed by atoms with Crippen LogP contribution in [0.1, 0.15) is 23.2 Å². The number of halogens is 3. The van der Waals surface area contributed by atoms with E-state index in [1.807, 2.05) is 0 Å². The Morgan fingerprint density at radius 1 is 1.42 bits per heavy atom. The SMILES string of the molecule is CCOC(=O)c1[nH]ccc1NCCOC(F)(c1ncc[nH]1)C(F)F. The standard InChI is InChI=1S/C14H17F3N4O3/c1-2-23-11(22)10-9(3-4-19-10)18-7-8-24-14(17,12(15)16)13-20-5-6-21-13/h3-6,12,18-19H,2,7-8H2,1H3,(H,20,21). The molecular weight excluding hydrogens is 329 g/mol. The van der Waals surface area contributed by atoms with Gasteiger partial charge in [0, 0.05) is 25.1 Å². The van der Waals surface area contributed by atoms with Crippen LogP contribution in [0.15, 0.2) is 24.7 Å². The number of H-pyrrole nitrogens is 2. The highest BCUT2D eigenvalue weighted by atomic mass is 19.3. The number of alkyl halides is 3. The lowest BCUT2D eigenvalue weighted by molar-refractivity contribution is -0.233. The number of ether oxygens (including phenoxy) is 2. The summed E-state index contributed by atoms with van der Waals surface area (Å²) in [4.78, 5) is 20.1. The first-order chi connectivity index (χ1) is 11.5. The normalized spacial score (nSPS) is 13.7. The fourth-order valence-corrected chi connectivity index (χ4v) is 1.96. The van der Waals surface area contributed by atoms with E-state index >= 15 is 0 Å². The van der Waals surface area contributed by atoms with E-state index in [1.54, 1.807) is 13.0 Å². The van der Waals surface area contributed by atoms with Crippen LogP contribution in [0.4, 0.5) is 18.9 Å². The summed E-state index contributed by atoms with van der Waals surface area (Å²) in [5.74, 6) is -4.49. The van der Waals surface area contributed by atoms with Gasteiger partial charge in [-0.2, -0.15) is 4.39 Å². The molecule has 0 fully saturated rings. The van der Waals surface area contributed by atoms with Crippen LogP contribution in [0.5, 0.6) is 0 Å². The van der Waals surface area contributed by atoms with E-state index in [4.69, 9.17) is 4.74 Å². The highest BCUT2D eigenvalue weighted by Gasteiger charge is 2.46. The minimum Gasteiger partial charge on any atom is -0.461 e. The Hall–Kier alpha value is -2.49. The lowest BCUT2D eigenvalue weighted by Crippen LogP contribution is -2.35. The summed E-state index contributed by atoms with van der Waals surface area (Å²) in [6.45, 7) is 1.49. The molecule has 2 heterocycles. The van der Waals surface area contributed by atoms with Crippen LogP contribution in [0.25, 0.3) is 0 Å². The summed E-state index contributed by atoms with van der Waals surface area (Å²) < 4.78 is 49.7. The molecule has 2 aromatic heterocycles. The fraction of sp³-hybridized carbons (Fsp3) is 0.429. The monoisotopic (exact) mass is 346 g/mol. The van der Waals surface area contributed by atoms with Crippen LogP contribution in [0.3, 0.4) is 0 Å². The number of anilines is 1. The maximum atomic E-state index is 14.3. The van der Waals surface area contributed by atoms with Crippen molar-refractivity contribution in [2.24, 2.45) is 0 Å². The molecule has 7 nitrogen and oxygen atoms in total. The maximum absolute atomic E-state index is 14.3. The van der Waals surface area contributed by atoms with Crippen LogP contribution < -0.4 is 5.32 Å². The zero-order valence-corrected chi connectivity index (χ0v) is 12.8. The van der Waals surface area contributed by atoms with Gasteiger partial charge in [-0.25, -0.2) is 18.6 Å². The van der Waals surface area contributed by atoms with Crippen molar-refractivity contribution in [3.05, 3.63) is 36.2 Å². The molecule has 2 aromatic rings. The predicted molar refractivity (Wildman–Crippen MR) is 78.6 cm³/mol. The Balaban J connectivity index is 1.91. The van der Waals surface area contributed by atoms with E-state index in [-0.39, 0.29) is 25.5 Å². The molecular formula is C14H17F3N4O3. The second-order valence-electron chi connectivity index (χ2n) is 4.65. The summed E-state index contributed by atoms with van der Waals surface area (Å²) in [6.07, 6.45) is 0.473. The molecule has 1 unspecified atom stereocenters. The molecule has 2 rings (SSSR count). The number of aromatic nitrogens is 3. The zero-order valence-electron chi connectivity index (χ0n) is 12.8. The summed E-state index contributed by atoms with van der Waals surface area (Å²) in [7, 11) is 0. The average molecular weight is 346 g/mol. The van der Waals surface area contributed by atoms with Crippen molar-refractivity contribution in [3.8, 4) is 0 Å². The van der Waals surface area contributed by atoms with Gasteiger partial charge in [-0.15, -0.1) is 0 Å². The molecule has 0 aliphatic carbocycles. The van der Waals surface area contributed by atoms with Crippen molar-refractivity contribution in [1.82, 2.24) is 15.0 Å². The molecule has 1 atom stereocenters. The molecule has 0 radical (unpaired) electrons. The summed E-state index contributed by atoms with van der Waals surface area (Å²) in [5.41, 5.74) is 0.583. The Morgan fingerprint density at radius 2 is 2.21 bits per heavy atom.